The van der Waals surface area contributed by atoms with E-state index in [0.29, 0.717) is 22.5 Å². The molecule has 23 heavy (non-hydrogen) atoms. The van der Waals surface area contributed by atoms with E-state index >= 15 is 0 Å². The average molecular weight is 310 g/mol. The predicted octanol–water partition coefficient (Wildman–Crippen LogP) is 3.77. The molecule has 3 aromatic rings. The number of methoxy groups -OCH3 is 1. The van der Waals surface area contributed by atoms with E-state index in [2.05, 4.69) is 5.10 Å². The maximum absolute atomic E-state index is 13.2. The van der Waals surface area contributed by atoms with Crippen molar-refractivity contribution >= 4 is 5.97 Å². The van der Waals surface area contributed by atoms with Crippen LogP contribution in [0.3, 0.4) is 0 Å². The van der Waals surface area contributed by atoms with Gasteiger partial charge in [-0.1, -0.05) is 18.2 Å². The van der Waals surface area contributed by atoms with Crippen LogP contribution in [-0.4, -0.2) is 22.9 Å². The molecule has 1 heterocycles. The van der Waals surface area contributed by atoms with Gasteiger partial charge in [-0.05, 0) is 43.3 Å². The molecule has 0 atom stereocenters. The Morgan fingerprint density at radius 1 is 1.09 bits per heavy atom. The van der Waals surface area contributed by atoms with Crippen molar-refractivity contribution in [3.8, 4) is 16.9 Å². The van der Waals surface area contributed by atoms with Gasteiger partial charge in [0.05, 0.1) is 18.5 Å². The second kappa shape index (κ2) is 6.04. The number of nitrogens with zero attached hydrogens (tertiary/aromatic N) is 2. The Labute approximate surface area is 133 Å². The van der Waals surface area contributed by atoms with E-state index < -0.39 is 5.97 Å². The highest BCUT2D eigenvalue weighted by molar-refractivity contribution is 5.97. The molecule has 4 nitrogen and oxygen atoms in total. The van der Waals surface area contributed by atoms with E-state index in [1.54, 1.807) is 23.7 Å². The Hall–Kier alpha value is -2.95. The number of ether oxygens (including phenoxy) is 1. The summed E-state index contributed by atoms with van der Waals surface area (Å²) in [6, 6.07) is 15.4. The fourth-order valence-corrected chi connectivity index (χ4v) is 2.48. The Morgan fingerprint density at radius 2 is 1.74 bits per heavy atom. The summed E-state index contributed by atoms with van der Waals surface area (Å²) < 4.78 is 19.7. The first kappa shape index (κ1) is 15.0. The average Bonchev–Trinajstić information content (AvgIpc) is 2.93. The molecule has 0 fully saturated rings. The van der Waals surface area contributed by atoms with Crippen molar-refractivity contribution in [3.63, 3.8) is 0 Å². The molecule has 0 bridgehead atoms. The number of hydrogen-bond donors (Lipinski definition) is 0. The summed E-state index contributed by atoms with van der Waals surface area (Å²) in [6.45, 7) is 1.80. The Bertz CT molecular complexity index is 839. The van der Waals surface area contributed by atoms with Crippen molar-refractivity contribution < 1.29 is 13.9 Å². The minimum atomic E-state index is -0.469. The lowest BCUT2D eigenvalue weighted by atomic mass is 10.1. The van der Waals surface area contributed by atoms with Gasteiger partial charge in [-0.3, -0.25) is 0 Å². The summed E-state index contributed by atoms with van der Waals surface area (Å²) in [5, 5.41) is 4.54. The maximum atomic E-state index is 13.2. The number of carbonyl (C=O) groups excluding carboxylic acids is 1. The first-order valence-corrected chi connectivity index (χ1v) is 7.11. The van der Waals surface area contributed by atoms with Crippen molar-refractivity contribution in [2.75, 3.05) is 7.11 Å². The molecule has 1 aromatic heterocycles. The Balaban J connectivity index is 2.22. The quantitative estimate of drug-likeness (QED) is 0.692. The van der Waals surface area contributed by atoms with E-state index in [1.165, 1.54) is 19.2 Å². The number of para-hydroxylation sites is 1. The summed E-state index contributed by atoms with van der Waals surface area (Å²) in [5.74, 6) is -0.809. The number of aromatic nitrogens is 2. The number of rotatable bonds is 3. The van der Waals surface area contributed by atoms with Crippen molar-refractivity contribution in [2.24, 2.45) is 0 Å². The number of esters is 1. The van der Waals surface area contributed by atoms with Crippen LogP contribution in [-0.2, 0) is 4.74 Å². The summed E-state index contributed by atoms with van der Waals surface area (Å²) >= 11 is 0. The lowest BCUT2D eigenvalue weighted by Gasteiger charge is -2.04. The standard InChI is InChI=1S/C18H15FN2O2/c1-12-16(18(22)23-2)17(13-8-10-14(19)11-9-13)20-21(12)15-6-4-3-5-7-15/h3-11H,1-2H3. The van der Waals surface area contributed by atoms with Gasteiger partial charge in [-0.2, -0.15) is 5.10 Å². The Morgan fingerprint density at radius 3 is 2.35 bits per heavy atom. The van der Waals surface area contributed by atoms with Crippen molar-refractivity contribution in [3.05, 3.63) is 71.7 Å². The molecule has 0 N–H and O–H groups in total. The molecule has 0 unspecified atom stereocenters. The van der Waals surface area contributed by atoms with Gasteiger partial charge in [0.15, 0.2) is 0 Å². The fourth-order valence-electron chi connectivity index (χ4n) is 2.48. The highest BCUT2D eigenvalue weighted by atomic mass is 19.1. The lowest BCUT2D eigenvalue weighted by Crippen LogP contribution is -2.05. The highest BCUT2D eigenvalue weighted by Crippen LogP contribution is 2.28. The molecular formula is C18H15FN2O2. The van der Waals surface area contributed by atoms with Crippen LogP contribution in [0.5, 0.6) is 0 Å². The molecule has 0 aliphatic carbocycles. The van der Waals surface area contributed by atoms with E-state index in [9.17, 15) is 9.18 Å². The van der Waals surface area contributed by atoms with Crippen LogP contribution in [0.2, 0.25) is 0 Å². The Kier molecular flexibility index (Phi) is 3.93. The van der Waals surface area contributed by atoms with Gasteiger partial charge in [-0.25, -0.2) is 13.9 Å². The second-order valence-corrected chi connectivity index (χ2v) is 5.05. The smallest absolute Gasteiger partial charge is 0.342 e. The van der Waals surface area contributed by atoms with Gasteiger partial charge in [0.25, 0.3) is 0 Å². The summed E-state index contributed by atoms with van der Waals surface area (Å²) in [7, 11) is 1.33. The molecule has 0 amide bonds. The number of carbonyl (C=O) groups is 1. The molecule has 0 aliphatic rings. The van der Waals surface area contributed by atoms with Crippen LogP contribution in [0, 0.1) is 12.7 Å². The third-order valence-corrected chi connectivity index (χ3v) is 3.62. The van der Waals surface area contributed by atoms with Crippen LogP contribution in [0.25, 0.3) is 16.9 Å². The highest BCUT2D eigenvalue weighted by Gasteiger charge is 2.23. The van der Waals surface area contributed by atoms with E-state index in [-0.39, 0.29) is 5.82 Å². The van der Waals surface area contributed by atoms with Crippen molar-refractivity contribution in [1.82, 2.24) is 9.78 Å². The van der Waals surface area contributed by atoms with Crippen molar-refractivity contribution in [1.29, 1.82) is 0 Å². The third kappa shape index (κ3) is 2.73. The maximum Gasteiger partial charge on any atom is 0.342 e. The number of halogens is 1. The van der Waals surface area contributed by atoms with E-state index in [1.807, 2.05) is 30.3 Å². The van der Waals surface area contributed by atoms with Gasteiger partial charge in [-0.15, -0.1) is 0 Å². The molecule has 2 aromatic carbocycles. The molecule has 0 saturated heterocycles. The van der Waals surface area contributed by atoms with Crippen LogP contribution < -0.4 is 0 Å². The van der Waals surface area contributed by atoms with Gasteiger partial charge in [0.1, 0.15) is 17.1 Å². The van der Waals surface area contributed by atoms with Crippen molar-refractivity contribution in [2.45, 2.75) is 6.92 Å². The molecule has 116 valence electrons. The number of benzene rings is 2. The minimum Gasteiger partial charge on any atom is -0.465 e. The van der Waals surface area contributed by atoms with Crippen LogP contribution in [0.1, 0.15) is 16.1 Å². The van der Waals surface area contributed by atoms with Gasteiger partial charge in [0.2, 0.25) is 0 Å². The largest absolute Gasteiger partial charge is 0.465 e. The molecule has 0 saturated carbocycles. The van der Waals surface area contributed by atoms with Crippen LogP contribution in [0.4, 0.5) is 4.39 Å². The molecule has 5 heteroatoms. The minimum absolute atomic E-state index is 0.340. The van der Waals surface area contributed by atoms with E-state index in [0.717, 1.165) is 5.69 Å². The fraction of sp³-hybridized carbons (Fsp3) is 0.111. The van der Waals surface area contributed by atoms with Crippen LogP contribution in [0.15, 0.2) is 54.6 Å². The summed E-state index contributed by atoms with van der Waals surface area (Å²) in [6.07, 6.45) is 0. The third-order valence-electron chi connectivity index (χ3n) is 3.62. The zero-order valence-electron chi connectivity index (χ0n) is 12.8. The predicted molar refractivity (Wildman–Crippen MR) is 85.0 cm³/mol. The normalized spacial score (nSPS) is 10.6. The van der Waals surface area contributed by atoms with Gasteiger partial charge in [0, 0.05) is 5.56 Å². The molecule has 0 spiro atoms. The first-order valence-electron chi connectivity index (χ1n) is 7.11. The molecule has 3 rings (SSSR count). The molecule has 0 aliphatic heterocycles. The SMILES string of the molecule is COC(=O)c1c(-c2ccc(F)cc2)nn(-c2ccccc2)c1C. The summed E-state index contributed by atoms with van der Waals surface area (Å²) in [5.41, 5.74) is 3.01. The van der Waals surface area contributed by atoms with Gasteiger partial charge < -0.3 is 4.74 Å². The zero-order valence-corrected chi connectivity index (χ0v) is 12.8. The monoisotopic (exact) mass is 310 g/mol. The lowest BCUT2D eigenvalue weighted by molar-refractivity contribution is 0.0600. The zero-order chi connectivity index (χ0) is 16.4. The molecule has 0 radical (unpaired) electrons. The summed E-state index contributed by atoms with van der Waals surface area (Å²) in [4.78, 5) is 12.2. The van der Waals surface area contributed by atoms with Gasteiger partial charge >= 0.3 is 5.97 Å². The molecular weight excluding hydrogens is 295 g/mol. The second-order valence-electron chi connectivity index (χ2n) is 5.05. The first-order chi connectivity index (χ1) is 11.1. The van der Waals surface area contributed by atoms with E-state index in [4.69, 9.17) is 4.74 Å². The topological polar surface area (TPSA) is 44.1 Å². The van der Waals surface area contributed by atoms with Crippen LogP contribution >= 0.6 is 0 Å². The number of hydrogen-bond acceptors (Lipinski definition) is 3.